The van der Waals surface area contributed by atoms with E-state index in [1.165, 1.54) is 43.2 Å². The van der Waals surface area contributed by atoms with Gasteiger partial charge in [0.05, 0.1) is 7.11 Å². The Labute approximate surface area is 121 Å². The van der Waals surface area contributed by atoms with Gasteiger partial charge in [0.25, 0.3) is 0 Å². The van der Waals surface area contributed by atoms with E-state index in [9.17, 15) is 4.79 Å². The van der Waals surface area contributed by atoms with E-state index in [4.69, 9.17) is 9.84 Å². The summed E-state index contributed by atoms with van der Waals surface area (Å²) >= 11 is 0. The van der Waals surface area contributed by atoms with Crippen LogP contribution in [0.3, 0.4) is 0 Å². The molecule has 1 fully saturated rings. The Morgan fingerprint density at radius 1 is 1.30 bits per heavy atom. The van der Waals surface area contributed by atoms with E-state index in [0.717, 1.165) is 12.2 Å². The normalized spacial score (nSPS) is 16.1. The second-order valence-corrected chi connectivity index (χ2v) is 5.66. The summed E-state index contributed by atoms with van der Waals surface area (Å²) in [6.45, 7) is 0. The summed E-state index contributed by atoms with van der Waals surface area (Å²) in [5.41, 5.74) is 2.55. The van der Waals surface area contributed by atoms with E-state index < -0.39 is 5.97 Å². The highest BCUT2D eigenvalue weighted by molar-refractivity contribution is 5.66. The van der Waals surface area contributed by atoms with Gasteiger partial charge in [-0.1, -0.05) is 31.4 Å². The molecule has 0 saturated heterocycles. The molecule has 1 N–H and O–H groups in total. The molecule has 0 atom stereocenters. The van der Waals surface area contributed by atoms with Crippen molar-refractivity contribution in [2.75, 3.05) is 7.11 Å². The fraction of sp³-hybridized carbons (Fsp3) is 0.588. The van der Waals surface area contributed by atoms with Crippen molar-refractivity contribution in [2.24, 2.45) is 0 Å². The van der Waals surface area contributed by atoms with Crippen molar-refractivity contribution in [3.63, 3.8) is 0 Å². The lowest BCUT2D eigenvalue weighted by molar-refractivity contribution is -0.137. The number of carbonyl (C=O) groups is 1. The highest BCUT2D eigenvalue weighted by Crippen LogP contribution is 2.38. The van der Waals surface area contributed by atoms with Crippen molar-refractivity contribution in [1.29, 1.82) is 0 Å². The van der Waals surface area contributed by atoms with Gasteiger partial charge >= 0.3 is 5.97 Å². The Morgan fingerprint density at radius 2 is 2.05 bits per heavy atom. The Balaban J connectivity index is 2.09. The van der Waals surface area contributed by atoms with Gasteiger partial charge in [-0.05, 0) is 48.8 Å². The molecule has 0 aromatic heterocycles. The highest BCUT2D eigenvalue weighted by Gasteiger charge is 2.19. The van der Waals surface area contributed by atoms with Crippen LogP contribution in [0, 0.1) is 0 Å². The first kappa shape index (κ1) is 14.9. The average Bonchev–Trinajstić information content (AvgIpc) is 2.47. The molecule has 0 heterocycles. The van der Waals surface area contributed by atoms with E-state index in [1.807, 2.05) is 6.07 Å². The number of aryl methyl sites for hydroxylation is 1. The third kappa shape index (κ3) is 3.99. The number of carboxylic acid groups (broad SMARTS) is 1. The molecule has 1 saturated carbocycles. The summed E-state index contributed by atoms with van der Waals surface area (Å²) in [5.74, 6) is 0.878. The van der Waals surface area contributed by atoms with Crippen LogP contribution in [0.15, 0.2) is 18.2 Å². The van der Waals surface area contributed by atoms with Crippen LogP contribution in [-0.4, -0.2) is 18.2 Å². The lowest BCUT2D eigenvalue weighted by Crippen LogP contribution is -2.07. The van der Waals surface area contributed by atoms with Gasteiger partial charge in [-0.15, -0.1) is 0 Å². The van der Waals surface area contributed by atoms with Crippen molar-refractivity contribution in [3.05, 3.63) is 29.3 Å². The predicted molar refractivity (Wildman–Crippen MR) is 79.4 cm³/mol. The fourth-order valence-corrected chi connectivity index (χ4v) is 3.12. The van der Waals surface area contributed by atoms with Gasteiger partial charge in [-0.25, -0.2) is 0 Å². The van der Waals surface area contributed by atoms with Gasteiger partial charge in [-0.3, -0.25) is 4.79 Å². The molecular weight excluding hydrogens is 252 g/mol. The number of benzene rings is 1. The molecule has 0 amide bonds. The Kier molecular flexibility index (Phi) is 5.45. The standard InChI is InChI=1S/C17H24O3/c1-20-16-11-10-13(6-5-9-17(18)19)12-15(16)14-7-3-2-4-8-14/h10-12,14H,2-9H2,1H3,(H,18,19). The van der Waals surface area contributed by atoms with Gasteiger partial charge in [0.1, 0.15) is 5.75 Å². The lowest BCUT2D eigenvalue weighted by atomic mass is 9.83. The van der Waals surface area contributed by atoms with Crippen LogP contribution in [0.4, 0.5) is 0 Å². The minimum atomic E-state index is -0.717. The Bertz CT molecular complexity index is 448. The van der Waals surface area contributed by atoms with Crippen molar-refractivity contribution >= 4 is 5.97 Å². The van der Waals surface area contributed by atoms with Crippen molar-refractivity contribution < 1.29 is 14.6 Å². The van der Waals surface area contributed by atoms with E-state index in [-0.39, 0.29) is 6.42 Å². The number of hydrogen-bond donors (Lipinski definition) is 1. The first-order valence-corrected chi connectivity index (χ1v) is 7.59. The quantitative estimate of drug-likeness (QED) is 0.849. The van der Waals surface area contributed by atoms with Crippen LogP contribution in [0.2, 0.25) is 0 Å². The molecule has 3 heteroatoms. The third-order valence-electron chi connectivity index (χ3n) is 4.20. The molecule has 1 aromatic carbocycles. The molecule has 1 aromatic rings. The topological polar surface area (TPSA) is 46.5 Å². The largest absolute Gasteiger partial charge is 0.496 e. The van der Waals surface area contributed by atoms with Crippen LogP contribution in [-0.2, 0) is 11.2 Å². The zero-order valence-corrected chi connectivity index (χ0v) is 12.2. The van der Waals surface area contributed by atoms with Gasteiger partial charge < -0.3 is 9.84 Å². The van der Waals surface area contributed by atoms with E-state index >= 15 is 0 Å². The minimum Gasteiger partial charge on any atom is -0.496 e. The number of rotatable bonds is 6. The summed E-state index contributed by atoms with van der Waals surface area (Å²) in [5, 5.41) is 8.71. The van der Waals surface area contributed by atoms with Crippen LogP contribution < -0.4 is 4.74 Å². The van der Waals surface area contributed by atoms with E-state index in [2.05, 4.69) is 12.1 Å². The maximum atomic E-state index is 10.6. The summed E-state index contributed by atoms with van der Waals surface area (Å²) in [4.78, 5) is 10.6. The zero-order chi connectivity index (χ0) is 14.4. The van der Waals surface area contributed by atoms with Gasteiger partial charge in [0.15, 0.2) is 0 Å². The van der Waals surface area contributed by atoms with Gasteiger partial charge in [0.2, 0.25) is 0 Å². The summed E-state index contributed by atoms with van der Waals surface area (Å²) < 4.78 is 5.50. The maximum Gasteiger partial charge on any atom is 0.303 e. The third-order valence-corrected chi connectivity index (χ3v) is 4.20. The minimum absolute atomic E-state index is 0.241. The first-order valence-electron chi connectivity index (χ1n) is 7.59. The molecule has 1 aliphatic rings. The number of aliphatic carboxylic acids is 1. The zero-order valence-electron chi connectivity index (χ0n) is 12.2. The molecule has 2 rings (SSSR count). The fourth-order valence-electron chi connectivity index (χ4n) is 3.12. The first-order chi connectivity index (χ1) is 9.70. The molecular formula is C17H24O3. The smallest absolute Gasteiger partial charge is 0.303 e. The predicted octanol–water partition coefficient (Wildman–Crippen LogP) is 4.15. The lowest BCUT2D eigenvalue weighted by Gasteiger charge is -2.24. The van der Waals surface area contributed by atoms with Crippen LogP contribution in [0.1, 0.15) is 62.0 Å². The maximum absolute atomic E-state index is 10.6. The second kappa shape index (κ2) is 7.32. The van der Waals surface area contributed by atoms with Gasteiger partial charge in [-0.2, -0.15) is 0 Å². The number of ether oxygens (including phenoxy) is 1. The number of carboxylic acids is 1. The molecule has 1 aliphatic carbocycles. The molecule has 110 valence electrons. The number of hydrogen-bond acceptors (Lipinski definition) is 2. The molecule has 3 nitrogen and oxygen atoms in total. The average molecular weight is 276 g/mol. The molecule has 0 unspecified atom stereocenters. The molecule has 20 heavy (non-hydrogen) atoms. The van der Waals surface area contributed by atoms with Gasteiger partial charge in [0, 0.05) is 6.42 Å². The van der Waals surface area contributed by atoms with Crippen LogP contribution in [0.25, 0.3) is 0 Å². The number of methoxy groups -OCH3 is 1. The Hall–Kier alpha value is -1.51. The molecule has 0 bridgehead atoms. The van der Waals surface area contributed by atoms with E-state index in [1.54, 1.807) is 7.11 Å². The Morgan fingerprint density at radius 3 is 2.70 bits per heavy atom. The van der Waals surface area contributed by atoms with Crippen molar-refractivity contribution in [3.8, 4) is 5.75 Å². The van der Waals surface area contributed by atoms with Crippen molar-refractivity contribution in [1.82, 2.24) is 0 Å². The van der Waals surface area contributed by atoms with Crippen molar-refractivity contribution in [2.45, 2.75) is 57.3 Å². The van der Waals surface area contributed by atoms with E-state index in [0.29, 0.717) is 12.3 Å². The highest BCUT2D eigenvalue weighted by atomic mass is 16.5. The second-order valence-electron chi connectivity index (χ2n) is 5.66. The summed E-state index contributed by atoms with van der Waals surface area (Å²) in [6.07, 6.45) is 8.21. The monoisotopic (exact) mass is 276 g/mol. The molecule has 0 radical (unpaired) electrons. The molecule has 0 aliphatic heterocycles. The van der Waals surface area contributed by atoms with Crippen LogP contribution >= 0.6 is 0 Å². The SMILES string of the molecule is COc1ccc(CCCC(=O)O)cc1C1CCCCC1. The summed E-state index contributed by atoms with van der Waals surface area (Å²) in [6, 6.07) is 6.34. The van der Waals surface area contributed by atoms with Crippen LogP contribution in [0.5, 0.6) is 5.75 Å². The molecule has 0 spiro atoms. The summed E-state index contributed by atoms with van der Waals surface area (Å²) in [7, 11) is 1.73.